The van der Waals surface area contributed by atoms with Crippen LogP contribution in [0, 0.1) is 5.92 Å². The topological polar surface area (TPSA) is 144 Å². The van der Waals surface area contributed by atoms with Crippen LogP contribution in [-0.2, 0) is 41.4 Å². The average Bonchev–Trinajstić information content (AvgIpc) is 3.87. The minimum Gasteiger partial charge on any atom is -0.350 e. The Hall–Kier alpha value is -4.58. The Bertz CT molecular complexity index is 1670. The minimum atomic E-state index is -0.845. The van der Waals surface area contributed by atoms with Gasteiger partial charge in [-0.3, -0.25) is 19.1 Å². The summed E-state index contributed by atoms with van der Waals surface area (Å²) in [6.45, 7) is 2.27. The number of carbonyl (C=O) groups is 3. The number of nitrogens with one attached hydrogen (secondary N) is 1. The molecule has 2 aliphatic rings. The lowest BCUT2D eigenvalue weighted by atomic mass is 9.95. The van der Waals surface area contributed by atoms with Crippen molar-refractivity contribution in [2.24, 2.45) is 25.7 Å². The molecule has 2 aromatic carbocycles. The van der Waals surface area contributed by atoms with Crippen molar-refractivity contribution in [3.8, 4) is 11.3 Å². The summed E-state index contributed by atoms with van der Waals surface area (Å²) in [7, 11) is 3.75. The minimum absolute atomic E-state index is 0.0407. The first-order valence-electron chi connectivity index (χ1n) is 15.7. The zero-order chi connectivity index (χ0) is 31.5. The Morgan fingerprint density at radius 1 is 1.00 bits per heavy atom. The van der Waals surface area contributed by atoms with Crippen LogP contribution in [0.25, 0.3) is 22.3 Å². The summed E-state index contributed by atoms with van der Waals surface area (Å²) in [6, 6.07) is 14.6. The number of carbonyl (C=O) groups excluding carboxylic acids is 3. The predicted molar refractivity (Wildman–Crippen MR) is 169 cm³/mol. The van der Waals surface area contributed by atoms with Gasteiger partial charge in [-0.2, -0.15) is 5.10 Å². The lowest BCUT2D eigenvalue weighted by Crippen LogP contribution is -2.51. The normalized spacial score (nSPS) is 18.9. The number of amides is 3. The lowest BCUT2D eigenvalue weighted by molar-refractivity contribution is -0.140. The third kappa shape index (κ3) is 6.75. The second-order valence-corrected chi connectivity index (χ2v) is 12.3. The van der Waals surface area contributed by atoms with Gasteiger partial charge in [-0.1, -0.05) is 35.5 Å². The van der Waals surface area contributed by atoms with E-state index in [4.69, 9.17) is 5.73 Å². The fraction of sp³-hybridized carbons (Fsp3) is 0.455. The average molecular weight is 612 g/mol. The van der Waals surface area contributed by atoms with Crippen LogP contribution in [-0.4, -0.2) is 84.0 Å². The predicted octanol–water partition coefficient (Wildman–Crippen LogP) is 2.17. The zero-order valence-electron chi connectivity index (χ0n) is 25.9. The van der Waals surface area contributed by atoms with Gasteiger partial charge in [-0.25, -0.2) is 4.68 Å². The van der Waals surface area contributed by atoms with E-state index in [0.717, 1.165) is 65.8 Å². The maximum atomic E-state index is 13.7. The van der Waals surface area contributed by atoms with Crippen LogP contribution in [0.1, 0.15) is 43.2 Å². The Morgan fingerprint density at radius 2 is 1.76 bits per heavy atom. The second kappa shape index (κ2) is 13.2. The molecule has 0 bridgehead atoms. The van der Waals surface area contributed by atoms with E-state index in [9.17, 15) is 14.4 Å². The SMILES string of the molecule is Cn1nccc1-c1ccc(C[C@@H]2C[C@@H](C(=O)NCc3ccc4c(c3)nnn4C)N(C(=O)[C@H](N)CCC(=O)N3CCCC3)C2)cc1. The van der Waals surface area contributed by atoms with Gasteiger partial charge in [0.1, 0.15) is 11.6 Å². The highest BCUT2D eigenvalue weighted by Crippen LogP contribution is 2.29. The van der Waals surface area contributed by atoms with Crippen molar-refractivity contribution in [3.63, 3.8) is 0 Å². The fourth-order valence-corrected chi connectivity index (χ4v) is 6.61. The third-order valence-electron chi connectivity index (χ3n) is 9.16. The van der Waals surface area contributed by atoms with E-state index >= 15 is 0 Å². The summed E-state index contributed by atoms with van der Waals surface area (Å²) in [4.78, 5) is 43.4. The van der Waals surface area contributed by atoms with Crippen molar-refractivity contribution >= 4 is 28.8 Å². The maximum absolute atomic E-state index is 13.7. The van der Waals surface area contributed by atoms with E-state index in [1.165, 1.54) is 0 Å². The number of aryl methyl sites for hydroxylation is 2. The molecule has 2 aliphatic heterocycles. The summed E-state index contributed by atoms with van der Waals surface area (Å²) in [6.07, 6.45) is 5.56. The molecular formula is C33H41N9O3. The summed E-state index contributed by atoms with van der Waals surface area (Å²) >= 11 is 0. The smallest absolute Gasteiger partial charge is 0.243 e. The molecule has 2 fully saturated rings. The highest BCUT2D eigenvalue weighted by Gasteiger charge is 2.41. The van der Waals surface area contributed by atoms with E-state index < -0.39 is 12.1 Å². The Kier molecular flexibility index (Phi) is 8.92. The van der Waals surface area contributed by atoms with Crippen LogP contribution >= 0.6 is 0 Å². The molecule has 4 aromatic rings. The molecule has 0 saturated carbocycles. The molecule has 3 atom stereocenters. The standard InChI is InChI=1S/C33H41N9O3/c1-39-28(13-14-36-39)25-8-5-22(6-9-25)17-24-19-30(32(44)35-20-23-7-11-29-27(18-23)37-38-40(29)2)42(21-24)33(45)26(34)10-12-31(43)41-15-3-4-16-41/h5-9,11,13-14,18,24,26,30H,3-4,10,12,15-17,19-21,34H2,1-2H3,(H,35,44)/t24-,26-,30+/m1/s1. The molecule has 0 unspecified atom stereocenters. The van der Waals surface area contributed by atoms with Crippen LogP contribution in [0.3, 0.4) is 0 Å². The van der Waals surface area contributed by atoms with Gasteiger partial charge in [-0.15, -0.1) is 5.10 Å². The number of hydrogen-bond acceptors (Lipinski definition) is 7. The molecule has 12 nitrogen and oxygen atoms in total. The summed E-state index contributed by atoms with van der Waals surface area (Å²) in [5.74, 6) is -0.364. The molecule has 4 heterocycles. The Labute approximate surface area is 262 Å². The van der Waals surface area contributed by atoms with Gasteiger partial charge >= 0.3 is 0 Å². The number of fused-ring (bicyclic) bond motifs is 1. The van der Waals surface area contributed by atoms with Gasteiger partial charge in [0.25, 0.3) is 0 Å². The van der Waals surface area contributed by atoms with E-state index in [2.05, 4.69) is 45.0 Å². The number of rotatable bonds is 10. The van der Waals surface area contributed by atoms with E-state index in [1.807, 2.05) is 47.9 Å². The largest absolute Gasteiger partial charge is 0.350 e. The highest BCUT2D eigenvalue weighted by atomic mass is 16.2. The highest BCUT2D eigenvalue weighted by molar-refractivity contribution is 5.91. The number of likely N-dealkylation sites (tertiary alicyclic amines) is 2. The van der Waals surface area contributed by atoms with Gasteiger partial charge in [0, 0.05) is 52.9 Å². The molecule has 236 valence electrons. The first kappa shape index (κ1) is 30.4. The molecule has 3 N–H and O–H groups in total. The Morgan fingerprint density at radius 3 is 2.49 bits per heavy atom. The van der Waals surface area contributed by atoms with Crippen molar-refractivity contribution in [2.75, 3.05) is 19.6 Å². The van der Waals surface area contributed by atoms with E-state index in [1.54, 1.807) is 15.8 Å². The van der Waals surface area contributed by atoms with Crippen LogP contribution in [0.4, 0.5) is 0 Å². The van der Waals surface area contributed by atoms with Crippen LogP contribution in [0.15, 0.2) is 54.7 Å². The van der Waals surface area contributed by atoms with Crippen LogP contribution in [0.2, 0.25) is 0 Å². The van der Waals surface area contributed by atoms with Crippen molar-refractivity contribution in [2.45, 2.75) is 57.2 Å². The monoisotopic (exact) mass is 611 g/mol. The Balaban J connectivity index is 1.13. The van der Waals surface area contributed by atoms with Gasteiger partial charge in [0.15, 0.2) is 0 Å². The zero-order valence-corrected chi connectivity index (χ0v) is 25.9. The van der Waals surface area contributed by atoms with Crippen molar-refractivity contribution in [3.05, 3.63) is 65.9 Å². The summed E-state index contributed by atoms with van der Waals surface area (Å²) in [5.41, 5.74) is 12.2. The number of aromatic nitrogens is 5. The maximum Gasteiger partial charge on any atom is 0.243 e. The number of hydrogen-bond donors (Lipinski definition) is 2. The molecular weight excluding hydrogens is 570 g/mol. The summed E-state index contributed by atoms with van der Waals surface area (Å²) in [5, 5.41) is 15.5. The first-order chi connectivity index (χ1) is 21.8. The van der Waals surface area contributed by atoms with Gasteiger partial charge in [-0.05, 0) is 72.9 Å². The van der Waals surface area contributed by atoms with Crippen molar-refractivity contribution < 1.29 is 14.4 Å². The molecule has 2 aromatic heterocycles. The number of nitrogens with two attached hydrogens (primary N) is 1. The van der Waals surface area contributed by atoms with Crippen molar-refractivity contribution in [1.29, 1.82) is 0 Å². The van der Waals surface area contributed by atoms with Crippen molar-refractivity contribution in [1.82, 2.24) is 39.9 Å². The molecule has 0 aliphatic carbocycles. The number of benzene rings is 2. The van der Waals surface area contributed by atoms with Gasteiger partial charge < -0.3 is 20.9 Å². The van der Waals surface area contributed by atoms with E-state index in [0.29, 0.717) is 19.5 Å². The third-order valence-corrected chi connectivity index (χ3v) is 9.16. The molecule has 2 saturated heterocycles. The molecule has 0 radical (unpaired) electrons. The van der Waals surface area contributed by atoms with E-state index in [-0.39, 0.29) is 36.5 Å². The molecule has 45 heavy (non-hydrogen) atoms. The molecule has 3 amide bonds. The first-order valence-corrected chi connectivity index (χ1v) is 15.7. The lowest BCUT2D eigenvalue weighted by Gasteiger charge is -2.27. The molecule has 0 spiro atoms. The molecule has 12 heteroatoms. The fourth-order valence-electron chi connectivity index (χ4n) is 6.61. The van der Waals surface area contributed by atoms with Crippen LogP contribution in [0.5, 0.6) is 0 Å². The second-order valence-electron chi connectivity index (χ2n) is 12.3. The van der Waals surface area contributed by atoms with Crippen LogP contribution < -0.4 is 11.1 Å². The van der Waals surface area contributed by atoms with Gasteiger partial charge in [0.05, 0.1) is 17.3 Å². The summed E-state index contributed by atoms with van der Waals surface area (Å²) < 4.78 is 3.54. The van der Waals surface area contributed by atoms with Gasteiger partial charge in [0.2, 0.25) is 17.7 Å². The molecule has 6 rings (SSSR count). The number of nitrogens with zero attached hydrogens (tertiary/aromatic N) is 7. The quantitative estimate of drug-likeness (QED) is 0.280.